The lowest BCUT2D eigenvalue weighted by Gasteiger charge is -2.16. The molecule has 106 valence electrons. The number of nitrogens with one attached hydrogen (secondary N) is 1. The highest BCUT2D eigenvalue weighted by molar-refractivity contribution is 7.99. The lowest BCUT2D eigenvalue weighted by Crippen LogP contribution is -2.22. The van der Waals surface area contributed by atoms with Crippen molar-refractivity contribution in [2.75, 3.05) is 37.0 Å². The van der Waals surface area contributed by atoms with Crippen LogP contribution in [-0.4, -0.2) is 54.7 Å². The maximum absolute atomic E-state index is 11.8. The van der Waals surface area contributed by atoms with Gasteiger partial charge in [-0.05, 0) is 6.26 Å². The molecule has 0 aliphatic carbocycles. The van der Waals surface area contributed by atoms with Gasteiger partial charge in [-0.25, -0.2) is 0 Å². The Bertz CT molecular complexity index is 482. The second-order valence-corrected chi connectivity index (χ2v) is 6.12. The number of hydrogen-bond acceptors (Lipinski definition) is 7. The van der Waals surface area contributed by atoms with Gasteiger partial charge in [0.2, 0.25) is 0 Å². The third kappa shape index (κ3) is 2.53. The summed E-state index contributed by atoms with van der Waals surface area (Å²) in [5.41, 5.74) is 6.47. The number of nitrogens with zero attached hydrogens (tertiary/aromatic N) is 1. The van der Waals surface area contributed by atoms with Gasteiger partial charge in [0.05, 0.1) is 22.8 Å². The van der Waals surface area contributed by atoms with Crippen LogP contribution in [0.2, 0.25) is 0 Å². The summed E-state index contributed by atoms with van der Waals surface area (Å²) in [7, 11) is 1.56. The average Bonchev–Trinajstić information content (AvgIpc) is 2.89. The summed E-state index contributed by atoms with van der Waals surface area (Å²) in [6, 6.07) is 0. The minimum Gasteiger partial charge on any atom is -0.396 e. The number of carbonyl (C=O) groups is 1. The summed E-state index contributed by atoms with van der Waals surface area (Å²) >= 11 is 2.75. The van der Waals surface area contributed by atoms with Crippen molar-refractivity contribution < 1.29 is 15.0 Å². The number of rotatable bonds is 3. The number of thiophene rings is 1. The van der Waals surface area contributed by atoms with E-state index in [0.717, 1.165) is 9.90 Å². The topological polar surface area (TPSA) is 98.8 Å². The molecule has 1 amide bonds. The molecule has 6 nitrogen and oxygen atoms in total. The average molecular weight is 303 g/mol. The van der Waals surface area contributed by atoms with Gasteiger partial charge in [0.25, 0.3) is 5.91 Å². The number of carbonyl (C=O) groups excluding carboxylic acids is 1. The molecule has 0 bridgehead atoms. The third-order valence-corrected chi connectivity index (χ3v) is 5.28. The molecule has 1 aromatic rings. The quantitative estimate of drug-likeness (QED) is 0.585. The Morgan fingerprint density at radius 2 is 2.05 bits per heavy atom. The van der Waals surface area contributed by atoms with Crippen molar-refractivity contribution in [3.63, 3.8) is 0 Å². The van der Waals surface area contributed by atoms with Crippen molar-refractivity contribution in [3.05, 3.63) is 4.88 Å². The molecule has 0 spiro atoms. The van der Waals surface area contributed by atoms with Gasteiger partial charge < -0.3 is 26.2 Å². The predicted octanol–water partition coefficient (Wildman–Crippen LogP) is -0.0464. The van der Waals surface area contributed by atoms with Crippen molar-refractivity contribution >= 4 is 39.7 Å². The van der Waals surface area contributed by atoms with Crippen LogP contribution in [0.5, 0.6) is 0 Å². The molecule has 1 fully saturated rings. The second kappa shape index (κ2) is 5.58. The number of hydrogen-bond donors (Lipinski definition) is 4. The summed E-state index contributed by atoms with van der Waals surface area (Å²) in [5, 5.41) is 22.6. The van der Waals surface area contributed by atoms with E-state index < -0.39 is 12.2 Å². The number of aliphatic hydroxyl groups is 2. The van der Waals surface area contributed by atoms with Crippen molar-refractivity contribution in [1.29, 1.82) is 0 Å². The Morgan fingerprint density at radius 3 is 2.53 bits per heavy atom. The maximum atomic E-state index is 11.8. The highest BCUT2D eigenvalue weighted by Crippen LogP contribution is 2.44. The van der Waals surface area contributed by atoms with Crippen LogP contribution >= 0.6 is 23.1 Å². The monoisotopic (exact) mass is 303 g/mol. The molecule has 5 N–H and O–H groups in total. The van der Waals surface area contributed by atoms with E-state index in [0.29, 0.717) is 23.7 Å². The molecule has 0 saturated carbocycles. The highest BCUT2D eigenvalue weighted by atomic mass is 32.2. The summed E-state index contributed by atoms with van der Waals surface area (Å²) < 4.78 is 0. The van der Waals surface area contributed by atoms with Crippen LogP contribution < -0.4 is 16.0 Å². The zero-order valence-corrected chi connectivity index (χ0v) is 12.3. The molecule has 1 aromatic heterocycles. The van der Waals surface area contributed by atoms with E-state index in [1.807, 2.05) is 11.2 Å². The summed E-state index contributed by atoms with van der Waals surface area (Å²) in [6.07, 6.45) is 0.362. The van der Waals surface area contributed by atoms with Gasteiger partial charge in [0.15, 0.2) is 0 Å². The van der Waals surface area contributed by atoms with E-state index >= 15 is 0 Å². The van der Waals surface area contributed by atoms with Gasteiger partial charge in [0.1, 0.15) is 9.88 Å². The first-order valence-electron chi connectivity index (χ1n) is 5.79. The summed E-state index contributed by atoms with van der Waals surface area (Å²) in [4.78, 5) is 14.9. The fraction of sp³-hybridized carbons (Fsp3) is 0.545. The Morgan fingerprint density at radius 1 is 1.47 bits per heavy atom. The van der Waals surface area contributed by atoms with E-state index in [9.17, 15) is 15.0 Å². The largest absolute Gasteiger partial charge is 0.396 e. The molecular weight excluding hydrogens is 286 g/mol. The Balaban J connectivity index is 2.38. The zero-order chi connectivity index (χ0) is 14.2. The van der Waals surface area contributed by atoms with Crippen LogP contribution in [0, 0.1) is 0 Å². The number of nitrogen functional groups attached to an aromatic ring is 1. The number of aliphatic hydroxyl groups excluding tert-OH is 2. The summed E-state index contributed by atoms with van der Waals surface area (Å²) in [6.45, 7) is 0.698. The highest BCUT2D eigenvalue weighted by Gasteiger charge is 2.33. The van der Waals surface area contributed by atoms with E-state index in [-0.39, 0.29) is 5.91 Å². The fourth-order valence-electron chi connectivity index (χ4n) is 2.04. The Labute approximate surface area is 119 Å². The molecule has 2 heterocycles. The number of thioether (sulfide) groups is 1. The van der Waals surface area contributed by atoms with Gasteiger partial charge in [-0.1, -0.05) is 0 Å². The minimum atomic E-state index is -0.763. The van der Waals surface area contributed by atoms with E-state index in [2.05, 4.69) is 5.32 Å². The lowest BCUT2D eigenvalue weighted by molar-refractivity contribution is 0.0572. The SMILES string of the molecule is CNC(=O)c1sc(N2CC(O)C(O)C2)c(SC)c1N. The van der Waals surface area contributed by atoms with Gasteiger partial charge in [-0.2, -0.15) is 0 Å². The molecule has 1 aliphatic rings. The van der Waals surface area contributed by atoms with E-state index in [1.165, 1.54) is 23.1 Å². The number of anilines is 2. The van der Waals surface area contributed by atoms with Crippen LogP contribution in [0.4, 0.5) is 10.7 Å². The Kier molecular flexibility index (Phi) is 4.24. The molecule has 2 atom stereocenters. The van der Waals surface area contributed by atoms with Crippen molar-refractivity contribution in [1.82, 2.24) is 5.32 Å². The normalized spacial score (nSPS) is 22.8. The molecule has 2 unspecified atom stereocenters. The van der Waals surface area contributed by atoms with E-state index in [1.54, 1.807) is 7.05 Å². The van der Waals surface area contributed by atoms with Gasteiger partial charge in [-0.15, -0.1) is 23.1 Å². The number of β-amino-alcohol motifs (C(OH)–C–C–N with tert-alkyl or cyclic N) is 2. The standard InChI is InChI=1S/C11H17N3O3S2/c1-13-10(17)8-7(12)9(18-2)11(19-8)14-3-5(15)6(16)4-14/h5-6,15-16H,3-4,12H2,1-2H3,(H,13,17). The second-order valence-electron chi connectivity index (χ2n) is 4.30. The first kappa shape index (κ1) is 14.4. The minimum absolute atomic E-state index is 0.218. The fourth-order valence-corrected chi connectivity index (χ4v) is 4.19. The van der Waals surface area contributed by atoms with Crippen LogP contribution in [0.25, 0.3) is 0 Å². The third-order valence-electron chi connectivity index (χ3n) is 3.07. The molecule has 1 saturated heterocycles. The van der Waals surface area contributed by atoms with Crippen LogP contribution in [-0.2, 0) is 0 Å². The molecule has 8 heteroatoms. The molecular formula is C11H17N3O3S2. The maximum Gasteiger partial charge on any atom is 0.263 e. The lowest BCUT2D eigenvalue weighted by atomic mass is 10.3. The van der Waals surface area contributed by atoms with Crippen molar-refractivity contribution in [3.8, 4) is 0 Å². The smallest absolute Gasteiger partial charge is 0.263 e. The molecule has 0 aromatic carbocycles. The van der Waals surface area contributed by atoms with Crippen molar-refractivity contribution in [2.45, 2.75) is 17.1 Å². The van der Waals surface area contributed by atoms with Crippen molar-refractivity contribution in [2.24, 2.45) is 0 Å². The molecule has 1 aliphatic heterocycles. The van der Waals surface area contributed by atoms with Gasteiger partial charge in [0, 0.05) is 20.1 Å². The zero-order valence-electron chi connectivity index (χ0n) is 10.7. The van der Waals surface area contributed by atoms with Crippen LogP contribution in [0.3, 0.4) is 0 Å². The Hall–Kier alpha value is -0.960. The first-order chi connectivity index (χ1) is 8.99. The number of amides is 1. The molecule has 19 heavy (non-hydrogen) atoms. The first-order valence-corrected chi connectivity index (χ1v) is 7.83. The molecule has 2 rings (SSSR count). The summed E-state index contributed by atoms with van der Waals surface area (Å²) in [5.74, 6) is -0.218. The number of nitrogens with two attached hydrogens (primary N) is 1. The van der Waals surface area contributed by atoms with Gasteiger partial charge >= 0.3 is 0 Å². The predicted molar refractivity (Wildman–Crippen MR) is 78.1 cm³/mol. The van der Waals surface area contributed by atoms with Crippen LogP contribution in [0.1, 0.15) is 9.67 Å². The molecule has 0 radical (unpaired) electrons. The van der Waals surface area contributed by atoms with E-state index in [4.69, 9.17) is 5.73 Å². The van der Waals surface area contributed by atoms with Gasteiger partial charge in [-0.3, -0.25) is 4.79 Å². The van der Waals surface area contributed by atoms with Crippen LogP contribution in [0.15, 0.2) is 4.90 Å².